The topological polar surface area (TPSA) is 96.5 Å². The summed E-state index contributed by atoms with van der Waals surface area (Å²) in [5.41, 5.74) is 1.21. The van der Waals surface area contributed by atoms with Crippen LogP contribution in [0.1, 0.15) is 30.6 Å². The van der Waals surface area contributed by atoms with Crippen molar-refractivity contribution in [3.63, 3.8) is 0 Å². The van der Waals surface area contributed by atoms with Gasteiger partial charge >= 0.3 is 0 Å². The van der Waals surface area contributed by atoms with Crippen LogP contribution in [0.2, 0.25) is 0 Å². The molecule has 3 saturated heterocycles. The minimum atomic E-state index is -1.15. The second-order valence-electron chi connectivity index (χ2n) is 11.8. The maximum Gasteiger partial charge on any atom is 0.251 e. The SMILES string of the molecule is C#C[C@@H]1CN(C(=O)C(CC(C)C)NC(=O)c2ccc(-c3nc(N4CCN(C)CC4)sc3F)cc2)[C@H]2[C@@H]1OCC2(OC)OC. The molecule has 3 aliphatic rings. The molecule has 4 heterocycles. The number of piperazine rings is 1. The summed E-state index contributed by atoms with van der Waals surface area (Å²) < 4.78 is 32.3. The van der Waals surface area contributed by atoms with Gasteiger partial charge in [-0.05, 0) is 31.5 Å². The number of rotatable bonds is 9. The predicted molar refractivity (Wildman–Crippen MR) is 162 cm³/mol. The number of methoxy groups -OCH3 is 2. The van der Waals surface area contributed by atoms with Crippen molar-refractivity contribution in [3.05, 3.63) is 35.0 Å². The third-order valence-electron chi connectivity index (χ3n) is 8.63. The second-order valence-corrected chi connectivity index (χ2v) is 12.8. The Balaban J connectivity index is 1.31. The number of carbonyl (C=O) groups is 2. The number of terminal acetylenes is 1. The van der Waals surface area contributed by atoms with Gasteiger partial charge < -0.3 is 34.2 Å². The summed E-state index contributed by atoms with van der Waals surface area (Å²) in [5.74, 6) is 0.717. The normalized spacial score (nSPS) is 24.2. The van der Waals surface area contributed by atoms with E-state index in [1.807, 2.05) is 13.8 Å². The first-order valence-electron chi connectivity index (χ1n) is 14.6. The number of halogens is 1. The van der Waals surface area contributed by atoms with E-state index in [2.05, 4.69) is 33.1 Å². The molecule has 1 N–H and O–H groups in total. The number of amides is 2. The van der Waals surface area contributed by atoms with Crippen molar-refractivity contribution in [3.8, 4) is 23.6 Å². The van der Waals surface area contributed by atoms with Crippen molar-refractivity contribution in [1.29, 1.82) is 0 Å². The Morgan fingerprint density at radius 1 is 1.21 bits per heavy atom. The molecule has 0 bridgehead atoms. The number of carbonyl (C=O) groups excluding carboxylic acids is 2. The zero-order chi connectivity index (χ0) is 30.9. The summed E-state index contributed by atoms with van der Waals surface area (Å²) in [6, 6.07) is 5.27. The van der Waals surface area contributed by atoms with Gasteiger partial charge in [0.1, 0.15) is 24.4 Å². The summed E-state index contributed by atoms with van der Waals surface area (Å²) >= 11 is 1.04. The Morgan fingerprint density at radius 2 is 1.88 bits per heavy atom. The van der Waals surface area contributed by atoms with Gasteiger partial charge in [-0.3, -0.25) is 9.59 Å². The van der Waals surface area contributed by atoms with Crippen LogP contribution in [0.4, 0.5) is 9.52 Å². The first kappa shape index (κ1) is 31.3. The van der Waals surface area contributed by atoms with Crippen molar-refractivity contribution >= 4 is 28.3 Å². The van der Waals surface area contributed by atoms with Gasteiger partial charge in [0.15, 0.2) is 5.13 Å². The van der Waals surface area contributed by atoms with E-state index in [1.165, 1.54) is 14.2 Å². The number of benzene rings is 1. The molecule has 0 spiro atoms. The van der Waals surface area contributed by atoms with Crippen LogP contribution in [-0.2, 0) is 19.0 Å². The molecule has 2 amide bonds. The molecule has 3 aliphatic heterocycles. The fraction of sp³-hybridized carbons (Fsp3) is 0.581. The zero-order valence-electron chi connectivity index (χ0n) is 25.3. The average Bonchev–Trinajstić information content (AvgIpc) is 3.69. The lowest BCUT2D eigenvalue weighted by Crippen LogP contribution is -2.58. The molecule has 4 atom stereocenters. The molecule has 1 unspecified atom stereocenters. The van der Waals surface area contributed by atoms with Crippen molar-refractivity contribution in [2.75, 3.05) is 65.5 Å². The number of likely N-dealkylation sites (N-methyl/N-ethyl adjacent to an activating group) is 1. The Morgan fingerprint density at radius 3 is 2.49 bits per heavy atom. The molecular weight excluding hydrogens is 573 g/mol. The van der Waals surface area contributed by atoms with Gasteiger partial charge in [0.25, 0.3) is 5.91 Å². The van der Waals surface area contributed by atoms with Crippen LogP contribution in [0.25, 0.3) is 11.3 Å². The van der Waals surface area contributed by atoms with E-state index in [0.29, 0.717) is 22.7 Å². The first-order valence-corrected chi connectivity index (χ1v) is 15.4. The summed E-state index contributed by atoms with van der Waals surface area (Å²) in [6.07, 6.45) is 5.78. The van der Waals surface area contributed by atoms with Gasteiger partial charge in [0, 0.05) is 58.1 Å². The smallest absolute Gasteiger partial charge is 0.251 e. The van der Waals surface area contributed by atoms with Gasteiger partial charge in [-0.25, -0.2) is 4.98 Å². The second kappa shape index (κ2) is 12.9. The lowest BCUT2D eigenvalue weighted by atomic mass is 9.98. The van der Waals surface area contributed by atoms with Crippen molar-refractivity contribution < 1.29 is 28.2 Å². The Hall–Kier alpha value is -3.08. The maximum atomic E-state index is 14.9. The number of nitrogens with zero attached hydrogens (tertiary/aromatic N) is 4. The molecule has 0 saturated carbocycles. The molecule has 43 heavy (non-hydrogen) atoms. The molecule has 2 aromatic rings. The van der Waals surface area contributed by atoms with Gasteiger partial charge in [0.2, 0.25) is 16.8 Å². The number of hydrogen-bond acceptors (Lipinski definition) is 9. The monoisotopic (exact) mass is 613 g/mol. The Labute approximate surface area is 256 Å². The van der Waals surface area contributed by atoms with Crippen molar-refractivity contribution in [2.45, 2.75) is 44.2 Å². The number of likely N-dealkylation sites (tertiary alicyclic amines) is 1. The fourth-order valence-electron chi connectivity index (χ4n) is 6.15. The van der Waals surface area contributed by atoms with Crippen LogP contribution in [0.15, 0.2) is 24.3 Å². The van der Waals surface area contributed by atoms with Gasteiger partial charge in [-0.15, -0.1) is 6.42 Å². The quantitative estimate of drug-likeness (QED) is 0.341. The van der Waals surface area contributed by atoms with E-state index in [-0.39, 0.29) is 41.7 Å². The number of hydrogen-bond donors (Lipinski definition) is 1. The van der Waals surface area contributed by atoms with Gasteiger partial charge in [-0.2, -0.15) is 4.39 Å². The highest BCUT2D eigenvalue weighted by Crippen LogP contribution is 2.41. The Bertz CT molecular complexity index is 1350. The molecule has 0 radical (unpaired) electrons. The maximum absolute atomic E-state index is 14.9. The number of fused-ring (bicyclic) bond motifs is 1. The largest absolute Gasteiger partial charge is 0.369 e. The Kier molecular flexibility index (Phi) is 9.39. The number of aromatic nitrogens is 1. The van der Waals surface area contributed by atoms with E-state index < -0.39 is 29.9 Å². The molecule has 1 aromatic heterocycles. The number of ether oxygens (including phenoxy) is 3. The molecule has 10 nitrogen and oxygen atoms in total. The number of nitrogens with one attached hydrogen (secondary N) is 1. The van der Waals surface area contributed by atoms with E-state index in [0.717, 1.165) is 37.5 Å². The predicted octanol–water partition coefficient (Wildman–Crippen LogP) is 2.69. The molecule has 3 fully saturated rings. The lowest BCUT2D eigenvalue weighted by Gasteiger charge is -2.37. The highest BCUT2D eigenvalue weighted by molar-refractivity contribution is 7.14. The zero-order valence-corrected chi connectivity index (χ0v) is 26.2. The standard InChI is InChI=1S/C31H40FN5O5S/c1-7-20-17-37(26-25(20)42-18-31(26,40-5)41-6)29(39)23(16-19(2)3)33-28(38)22-10-8-21(9-11-22)24-27(32)43-30(34-24)36-14-12-35(4)13-15-36/h1,8-11,19-20,23,25-26H,12-18H2,2-6H3,(H,33,38)/t20-,23?,25-,26+/m1/s1. The van der Waals surface area contributed by atoms with Crippen LogP contribution in [0.3, 0.4) is 0 Å². The summed E-state index contributed by atoms with van der Waals surface area (Å²) in [5, 5.41) is 3.24. The molecule has 5 rings (SSSR count). The van der Waals surface area contributed by atoms with E-state index in [1.54, 1.807) is 29.2 Å². The molecule has 0 aliphatic carbocycles. The molecule has 1 aromatic carbocycles. The van der Waals surface area contributed by atoms with Gasteiger partial charge in [0.05, 0.1) is 12.0 Å². The molecular formula is C31H40FN5O5S. The van der Waals surface area contributed by atoms with Crippen LogP contribution in [-0.4, -0.2) is 111 Å². The minimum absolute atomic E-state index is 0.120. The van der Waals surface area contributed by atoms with Gasteiger partial charge in [-0.1, -0.05) is 43.2 Å². The summed E-state index contributed by atoms with van der Waals surface area (Å²) in [6.45, 7) is 7.79. The van der Waals surface area contributed by atoms with E-state index >= 15 is 0 Å². The number of thiazole rings is 1. The summed E-state index contributed by atoms with van der Waals surface area (Å²) in [7, 11) is 5.10. The van der Waals surface area contributed by atoms with Crippen LogP contribution < -0.4 is 10.2 Å². The molecule has 12 heteroatoms. The van der Waals surface area contributed by atoms with Crippen LogP contribution >= 0.6 is 11.3 Å². The molecule has 232 valence electrons. The van der Waals surface area contributed by atoms with Crippen molar-refractivity contribution in [1.82, 2.24) is 20.1 Å². The fourth-order valence-corrected chi connectivity index (χ4v) is 7.02. The minimum Gasteiger partial charge on any atom is -0.369 e. The average molecular weight is 614 g/mol. The highest BCUT2D eigenvalue weighted by Gasteiger charge is 2.61. The third-order valence-corrected chi connectivity index (χ3v) is 9.54. The van der Waals surface area contributed by atoms with Crippen LogP contribution in [0, 0.1) is 29.3 Å². The van der Waals surface area contributed by atoms with Crippen LogP contribution in [0.5, 0.6) is 0 Å². The summed E-state index contributed by atoms with van der Waals surface area (Å²) in [4.78, 5) is 38.0. The third kappa shape index (κ3) is 6.14. The lowest BCUT2D eigenvalue weighted by molar-refractivity contribution is -0.227. The van der Waals surface area contributed by atoms with E-state index in [9.17, 15) is 14.0 Å². The first-order chi connectivity index (χ1) is 20.6. The highest BCUT2D eigenvalue weighted by atomic mass is 32.1. The number of anilines is 1. The van der Waals surface area contributed by atoms with Crippen molar-refractivity contribution in [2.24, 2.45) is 11.8 Å². The van der Waals surface area contributed by atoms with E-state index in [4.69, 9.17) is 20.6 Å².